The zero-order chi connectivity index (χ0) is 22.2. The summed E-state index contributed by atoms with van der Waals surface area (Å²) < 4.78 is 23.8. The van der Waals surface area contributed by atoms with Gasteiger partial charge in [0.25, 0.3) is 0 Å². The Morgan fingerprint density at radius 1 is 1.16 bits per heavy atom. The number of aryl methyl sites for hydroxylation is 1. The number of hydrogen-bond donors (Lipinski definition) is 1. The van der Waals surface area contributed by atoms with Crippen LogP contribution in [0.4, 0.5) is 0 Å². The van der Waals surface area contributed by atoms with Crippen LogP contribution in [0.2, 0.25) is 0 Å². The third kappa shape index (κ3) is 4.09. The summed E-state index contributed by atoms with van der Waals surface area (Å²) in [5.41, 5.74) is 2.84. The Morgan fingerprint density at radius 2 is 1.88 bits per heavy atom. The van der Waals surface area contributed by atoms with Crippen molar-refractivity contribution in [3.8, 4) is 6.07 Å². The van der Waals surface area contributed by atoms with Gasteiger partial charge in [-0.05, 0) is 50.7 Å². The highest BCUT2D eigenvalue weighted by Gasteiger charge is 2.32. The molecule has 5 rings (SSSR count). The highest BCUT2D eigenvalue weighted by Crippen LogP contribution is 2.44. The van der Waals surface area contributed by atoms with Gasteiger partial charge in [0.15, 0.2) is 0 Å². The van der Waals surface area contributed by atoms with E-state index in [1.807, 2.05) is 30.1 Å². The van der Waals surface area contributed by atoms with Gasteiger partial charge in [0.1, 0.15) is 17.1 Å². The average molecular weight is 455 g/mol. The number of benzene rings is 1. The first-order valence-electron chi connectivity index (χ1n) is 11.6. The molecule has 2 saturated carbocycles. The molecule has 0 spiro atoms. The SMILES string of the molecule is Cn1c(C2CC2)c(C#N)c2ccc(S(=O)NC3CCC(C(=O)N4CCOCC4)CC3)cc21. The molecule has 2 heterocycles. The molecule has 3 fully saturated rings. The molecule has 8 heteroatoms. The van der Waals surface area contributed by atoms with Crippen LogP contribution in [0.15, 0.2) is 23.1 Å². The second kappa shape index (κ2) is 8.97. The molecule has 32 heavy (non-hydrogen) atoms. The van der Waals surface area contributed by atoms with Gasteiger partial charge in [0, 0.05) is 49.1 Å². The number of rotatable bonds is 5. The van der Waals surface area contributed by atoms with E-state index in [2.05, 4.69) is 15.4 Å². The lowest BCUT2D eigenvalue weighted by molar-refractivity contribution is -0.140. The molecule has 1 N–H and O–H groups in total. The largest absolute Gasteiger partial charge is 0.378 e. The van der Waals surface area contributed by atoms with Gasteiger partial charge in [0.2, 0.25) is 5.91 Å². The maximum Gasteiger partial charge on any atom is 0.225 e. The second-order valence-electron chi connectivity index (χ2n) is 9.26. The standard InChI is InChI=1S/C24H30N4O3S/c1-27-22-14-19(8-9-20(22)21(15-25)23(27)16-2-3-16)32(30)26-18-6-4-17(5-7-18)24(29)28-10-12-31-13-11-28/h8-9,14,16-18,26H,2-7,10-13H2,1H3. The van der Waals surface area contributed by atoms with Crippen molar-refractivity contribution < 1.29 is 13.7 Å². The number of carbonyl (C=O) groups excluding carboxylic acids is 1. The Bertz CT molecular complexity index is 1090. The monoisotopic (exact) mass is 454 g/mol. The molecule has 1 aliphatic heterocycles. The van der Waals surface area contributed by atoms with Crippen LogP contribution < -0.4 is 4.72 Å². The molecule has 1 atom stereocenters. The second-order valence-corrected chi connectivity index (χ2v) is 10.5. The van der Waals surface area contributed by atoms with E-state index in [0.29, 0.717) is 32.2 Å². The minimum absolute atomic E-state index is 0.0737. The van der Waals surface area contributed by atoms with Gasteiger partial charge < -0.3 is 14.2 Å². The van der Waals surface area contributed by atoms with E-state index >= 15 is 0 Å². The number of carbonyl (C=O) groups is 1. The summed E-state index contributed by atoms with van der Waals surface area (Å²) in [6, 6.07) is 8.29. The summed E-state index contributed by atoms with van der Waals surface area (Å²) in [6.45, 7) is 2.65. The minimum Gasteiger partial charge on any atom is -0.378 e. The molecule has 2 aliphatic carbocycles. The number of hydrogen-bond acceptors (Lipinski definition) is 4. The maximum atomic E-state index is 13.1. The molecule has 0 bridgehead atoms. The van der Waals surface area contributed by atoms with Gasteiger partial charge in [-0.25, -0.2) is 8.93 Å². The van der Waals surface area contributed by atoms with E-state index in [-0.39, 0.29) is 17.9 Å². The molecule has 1 saturated heterocycles. The molecule has 1 aromatic heterocycles. The smallest absolute Gasteiger partial charge is 0.225 e. The Hall–Kier alpha value is -2.21. The summed E-state index contributed by atoms with van der Waals surface area (Å²) >= 11 is 0. The Morgan fingerprint density at radius 3 is 2.53 bits per heavy atom. The van der Waals surface area contributed by atoms with Crippen LogP contribution in [-0.4, -0.2) is 51.9 Å². The number of morpholine rings is 1. The van der Waals surface area contributed by atoms with Gasteiger partial charge in [-0.2, -0.15) is 5.26 Å². The zero-order valence-electron chi connectivity index (χ0n) is 18.5. The molecular formula is C24H30N4O3S. The van der Waals surface area contributed by atoms with Crippen molar-refractivity contribution in [2.75, 3.05) is 26.3 Å². The topological polar surface area (TPSA) is 87.4 Å². The first-order chi connectivity index (χ1) is 15.6. The maximum absolute atomic E-state index is 13.1. The minimum atomic E-state index is -1.32. The number of nitrogens with one attached hydrogen (secondary N) is 1. The predicted octanol–water partition coefficient (Wildman–Crippen LogP) is 2.96. The van der Waals surface area contributed by atoms with Crippen molar-refractivity contribution in [3.63, 3.8) is 0 Å². The van der Waals surface area contributed by atoms with E-state index in [9.17, 15) is 14.3 Å². The number of fused-ring (bicyclic) bond motifs is 1. The Kier molecular flexibility index (Phi) is 6.06. The van der Waals surface area contributed by atoms with Crippen LogP contribution in [0.25, 0.3) is 10.9 Å². The van der Waals surface area contributed by atoms with Crippen LogP contribution in [-0.2, 0) is 27.6 Å². The molecule has 1 aromatic carbocycles. The molecule has 1 amide bonds. The summed E-state index contributed by atoms with van der Waals surface area (Å²) in [4.78, 5) is 15.4. The quantitative estimate of drug-likeness (QED) is 0.753. The van der Waals surface area contributed by atoms with Gasteiger partial charge in [-0.3, -0.25) is 4.79 Å². The number of ether oxygens (including phenoxy) is 1. The molecule has 2 aromatic rings. The highest BCUT2D eigenvalue weighted by atomic mass is 32.2. The molecule has 0 radical (unpaired) electrons. The third-order valence-electron chi connectivity index (χ3n) is 7.18. The van der Waals surface area contributed by atoms with Crippen molar-refractivity contribution in [2.45, 2.75) is 55.4 Å². The predicted molar refractivity (Wildman–Crippen MR) is 122 cm³/mol. The summed E-state index contributed by atoms with van der Waals surface area (Å²) in [5.74, 6) is 0.802. The number of amides is 1. The molecule has 1 unspecified atom stereocenters. The van der Waals surface area contributed by atoms with Crippen molar-refractivity contribution in [3.05, 3.63) is 29.5 Å². The summed E-state index contributed by atoms with van der Waals surface area (Å²) in [7, 11) is 0.680. The molecular weight excluding hydrogens is 424 g/mol. The van der Waals surface area contributed by atoms with Crippen molar-refractivity contribution in [1.82, 2.24) is 14.2 Å². The van der Waals surface area contributed by atoms with E-state index in [0.717, 1.165) is 65.6 Å². The van der Waals surface area contributed by atoms with Crippen molar-refractivity contribution in [2.24, 2.45) is 13.0 Å². The molecule has 170 valence electrons. The van der Waals surface area contributed by atoms with Crippen LogP contribution >= 0.6 is 0 Å². The van der Waals surface area contributed by atoms with Gasteiger partial charge >= 0.3 is 0 Å². The van der Waals surface area contributed by atoms with Gasteiger partial charge in [-0.15, -0.1) is 0 Å². The third-order valence-corrected chi connectivity index (χ3v) is 8.41. The van der Waals surface area contributed by atoms with Crippen LogP contribution in [0.3, 0.4) is 0 Å². The highest BCUT2D eigenvalue weighted by molar-refractivity contribution is 7.83. The van der Waals surface area contributed by atoms with Crippen molar-refractivity contribution in [1.29, 1.82) is 5.26 Å². The zero-order valence-corrected chi connectivity index (χ0v) is 19.3. The number of nitriles is 1. The van der Waals surface area contributed by atoms with Crippen LogP contribution in [0.1, 0.15) is 55.7 Å². The lowest BCUT2D eigenvalue weighted by Crippen LogP contribution is -2.45. The first-order valence-corrected chi connectivity index (χ1v) is 12.8. The number of nitrogens with zero attached hydrogens (tertiary/aromatic N) is 3. The van der Waals surface area contributed by atoms with Gasteiger partial charge in [0.05, 0.1) is 29.2 Å². The van der Waals surface area contributed by atoms with E-state index in [4.69, 9.17) is 4.74 Å². The fourth-order valence-corrected chi connectivity index (χ4v) is 6.31. The van der Waals surface area contributed by atoms with E-state index in [1.54, 1.807) is 0 Å². The van der Waals surface area contributed by atoms with E-state index in [1.165, 1.54) is 0 Å². The molecule has 3 aliphatic rings. The normalized spacial score (nSPS) is 24.9. The fourth-order valence-electron chi connectivity index (χ4n) is 5.22. The Balaban J connectivity index is 1.23. The Labute approximate surface area is 191 Å². The van der Waals surface area contributed by atoms with E-state index < -0.39 is 11.0 Å². The first kappa shape index (κ1) is 21.6. The van der Waals surface area contributed by atoms with Gasteiger partial charge in [-0.1, -0.05) is 6.07 Å². The average Bonchev–Trinajstić information content (AvgIpc) is 3.63. The summed E-state index contributed by atoms with van der Waals surface area (Å²) in [6.07, 6.45) is 5.63. The summed E-state index contributed by atoms with van der Waals surface area (Å²) in [5, 5.41) is 10.6. The lowest BCUT2D eigenvalue weighted by atomic mass is 9.85. The fraction of sp³-hybridized carbons (Fsp3) is 0.583. The number of aromatic nitrogens is 1. The van der Waals surface area contributed by atoms with Crippen LogP contribution in [0, 0.1) is 17.2 Å². The molecule has 7 nitrogen and oxygen atoms in total. The lowest BCUT2D eigenvalue weighted by Gasteiger charge is -2.34. The van der Waals surface area contributed by atoms with Crippen LogP contribution in [0.5, 0.6) is 0 Å². The van der Waals surface area contributed by atoms with Crippen molar-refractivity contribution >= 4 is 27.8 Å².